The van der Waals surface area contributed by atoms with Crippen molar-refractivity contribution in [1.82, 2.24) is 4.90 Å². The van der Waals surface area contributed by atoms with Gasteiger partial charge in [0.1, 0.15) is 0 Å². The number of hydrogen-bond donors (Lipinski definition) is 1. The van der Waals surface area contributed by atoms with Gasteiger partial charge in [-0.05, 0) is 25.5 Å². The van der Waals surface area contributed by atoms with Crippen LogP contribution < -0.4 is 5.73 Å². The standard InChI is InChI=1S/C14H22N2S/c1-3-13(11-14(15)17)16(2)10-9-12-7-5-4-6-8-12/h4-8,13H,3,9-11H2,1-2H3,(H2,15,17). The second kappa shape index (κ2) is 7.41. The van der Waals surface area contributed by atoms with Crippen LogP contribution in [0.2, 0.25) is 0 Å². The Morgan fingerprint density at radius 1 is 1.35 bits per heavy atom. The monoisotopic (exact) mass is 250 g/mol. The lowest BCUT2D eigenvalue weighted by Gasteiger charge is -2.26. The van der Waals surface area contributed by atoms with E-state index < -0.39 is 0 Å². The lowest BCUT2D eigenvalue weighted by molar-refractivity contribution is 0.244. The lowest BCUT2D eigenvalue weighted by atomic mass is 10.1. The Kier molecular flexibility index (Phi) is 6.16. The van der Waals surface area contributed by atoms with Gasteiger partial charge in [0.2, 0.25) is 0 Å². The van der Waals surface area contributed by atoms with Crippen LogP contribution in [0, 0.1) is 0 Å². The summed E-state index contributed by atoms with van der Waals surface area (Å²) in [5, 5.41) is 0. The van der Waals surface area contributed by atoms with Crippen LogP contribution in [-0.4, -0.2) is 29.5 Å². The van der Waals surface area contributed by atoms with Crippen LogP contribution in [-0.2, 0) is 6.42 Å². The van der Waals surface area contributed by atoms with Gasteiger partial charge in [0.05, 0.1) is 4.99 Å². The van der Waals surface area contributed by atoms with Crippen LogP contribution in [0.3, 0.4) is 0 Å². The SMILES string of the molecule is CCC(CC(N)=S)N(C)CCc1ccccc1. The topological polar surface area (TPSA) is 29.3 Å². The number of hydrogen-bond acceptors (Lipinski definition) is 2. The molecule has 2 N–H and O–H groups in total. The summed E-state index contributed by atoms with van der Waals surface area (Å²) in [6.07, 6.45) is 2.98. The molecule has 0 fully saturated rings. The Labute approximate surface area is 110 Å². The van der Waals surface area contributed by atoms with E-state index in [1.165, 1.54) is 5.56 Å². The third-order valence-electron chi connectivity index (χ3n) is 3.13. The molecule has 0 saturated carbocycles. The second-order valence-corrected chi connectivity index (χ2v) is 4.97. The van der Waals surface area contributed by atoms with Crippen molar-refractivity contribution < 1.29 is 0 Å². The fourth-order valence-corrected chi connectivity index (χ4v) is 2.17. The highest BCUT2D eigenvalue weighted by molar-refractivity contribution is 7.80. The molecule has 94 valence electrons. The Morgan fingerprint density at radius 2 is 2.00 bits per heavy atom. The van der Waals surface area contributed by atoms with Crippen molar-refractivity contribution >= 4 is 17.2 Å². The van der Waals surface area contributed by atoms with E-state index in [4.69, 9.17) is 18.0 Å². The van der Waals surface area contributed by atoms with E-state index in [1.807, 2.05) is 0 Å². The Bertz CT molecular complexity index is 337. The smallest absolute Gasteiger partial charge is 0.0743 e. The number of likely N-dealkylation sites (N-methyl/N-ethyl adjacent to an activating group) is 1. The minimum Gasteiger partial charge on any atom is -0.393 e. The summed E-state index contributed by atoms with van der Waals surface area (Å²) in [5.74, 6) is 0. The first kappa shape index (κ1) is 14.1. The Hall–Kier alpha value is -0.930. The summed E-state index contributed by atoms with van der Waals surface area (Å²) in [6.45, 7) is 3.23. The van der Waals surface area contributed by atoms with Crippen LogP contribution in [0.5, 0.6) is 0 Å². The van der Waals surface area contributed by atoms with Gasteiger partial charge in [0.25, 0.3) is 0 Å². The van der Waals surface area contributed by atoms with Gasteiger partial charge in [-0.2, -0.15) is 0 Å². The molecule has 0 aliphatic rings. The number of thiocarbonyl (C=S) groups is 1. The van der Waals surface area contributed by atoms with Gasteiger partial charge >= 0.3 is 0 Å². The van der Waals surface area contributed by atoms with Crippen LogP contribution >= 0.6 is 12.2 Å². The van der Waals surface area contributed by atoms with Crippen molar-refractivity contribution in [2.24, 2.45) is 5.73 Å². The molecule has 2 nitrogen and oxygen atoms in total. The molecule has 0 heterocycles. The third kappa shape index (κ3) is 5.29. The maximum Gasteiger partial charge on any atom is 0.0743 e. The molecule has 0 aromatic heterocycles. The molecule has 0 radical (unpaired) electrons. The predicted molar refractivity (Wildman–Crippen MR) is 78.3 cm³/mol. The normalized spacial score (nSPS) is 12.6. The molecule has 0 aliphatic heterocycles. The van der Waals surface area contributed by atoms with E-state index >= 15 is 0 Å². The van der Waals surface area contributed by atoms with Crippen LogP contribution in [0.15, 0.2) is 30.3 Å². The quantitative estimate of drug-likeness (QED) is 0.754. The molecule has 1 unspecified atom stereocenters. The first-order chi connectivity index (χ1) is 8.13. The summed E-state index contributed by atoms with van der Waals surface area (Å²) in [4.78, 5) is 2.97. The molecule has 0 bridgehead atoms. The van der Waals surface area contributed by atoms with Crippen LogP contribution in [0.1, 0.15) is 25.3 Å². The van der Waals surface area contributed by atoms with Gasteiger partial charge in [-0.15, -0.1) is 0 Å². The fraction of sp³-hybridized carbons (Fsp3) is 0.500. The molecule has 1 aromatic carbocycles. The Morgan fingerprint density at radius 3 is 2.53 bits per heavy atom. The zero-order chi connectivity index (χ0) is 12.7. The minimum atomic E-state index is 0.469. The first-order valence-corrected chi connectivity index (χ1v) is 6.56. The molecule has 0 amide bonds. The zero-order valence-electron chi connectivity index (χ0n) is 10.7. The number of nitrogens with two attached hydrogens (primary N) is 1. The second-order valence-electron chi connectivity index (χ2n) is 4.45. The largest absolute Gasteiger partial charge is 0.393 e. The van der Waals surface area contributed by atoms with Gasteiger partial charge in [0, 0.05) is 19.0 Å². The lowest BCUT2D eigenvalue weighted by Crippen LogP contribution is -2.35. The van der Waals surface area contributed by atoms with E-state index in [1.54, 1.807) is 0 Å². The minimum absolute atomic E-state index is 0.469. The zero-order valence-corrected chi connectivity index (χ0v) is 11.5. The number of nitrogens with zero attached hydrogens (tertiary/aromatic N) is 1. The van der Waals surface area contributed by atoms with Gasteiger partial charge in [-0.1, -0.05) is 49.5 Å². The highest BCUT2D eigenvalue weighted by Crippen LogP contribution is 2.08. The van der Waals surface area contributed by atoms with Crippen molar-refractivity contribution in [3.63, 3.8) is 0 Å². The molecule has 1 atom stereocenters. The summed E-state index contributed by atoms with van der Waals surface area (Å²) in [6, 6.07) is 11.0. The van der Waals surface area contributed by atoms with Crippen molar-refractivity contribution in [3.8, 4) is 0 Å². The van der Waals surface area contributed by atoms with Gasteiger partial charge < -0.3 is 10.6 Å². The van der Waals surface area contributed by atoms with Crippen molar-refractivity contribution in [1.29, 1.82) is 0 Å². The summed E-state index contributed by atoms with van der Waals surface area (Å²) < 4.78 is 0. The maximum atomic E-state index is 5.62. The average Bonchev–Trinajstić information content (AvgIpc) is 2.34. The summed E-state index contributed by atoms with van der Waals surface area (Å²) in [7, 11) is 2.15. The van der Waals surface area contributed by atoms with Crippen molar-refractivity contribution in [2.75, 3.05) is 13.6 Å². The molecule has 17 heavy (non-hydrogen) atoms. The highest BCUT2D eigenvalue weighted by atomic mass is 32.1. The van der Waals surface area contributed by atoms with E-state index in [2.05, 4.69) is 49.2 Å². The van der Waals surface area contributed by atoms with E-state index in [0.29, 0.717) is 11.0 Å². The van der Waals surface area contributed by atoms with Gasteiger partial charge in [-0.3, -0.25) is 0 Å². The van der Waals surface area contributed by atoms with Crippen LogP contribution in [0.25, 0.3) is 0 Å². The highest BCUT2D eigenvalue weighted by Gasteiger charge is 2.13. The van der Waals surface area contributed by atoms with E-state index in [0.717, 1.165) is 25.8 Å². The van der Waals surface area contributed by atoms with Gasteiger partial charge in [-0.25, -0.2) is 0 Å². The first-order valence-electron chi connectivity index (χ1n) is 6.16. The molecule has 0 spiro atoms. The van der Waals surface area contributed by atoms with Crippen LogP contribution in [0.4, 0.5) is 0 Å². The maximum absolute atomic E-state index is 5.62. The fourth-order valence-electron chi connectivity index (χ4n) is 1.98. The molecule has 1 rings (SSSR count). The third-order valence-corrected chi connectivity index (χ3v) is 3.29. The van der Waals surface area contributed by atoms with Crippen molar-refractivity contribution in [2.45, 2.75) is 32.2 Å². The van der Waals surface area contributed by atoms with Crippen molar-refractivity contribution in [3.05, 3.63) is 35.9 Å². The molecule has 3 heteroatoms. The molecule has 0 saturated heterocycles. The summed E-state index contributed by atoms with van der Waals surface area (Å²) >= 11 is 4.99. The number of rotatable bonds is 7. The van der Waals surface area contributed by atoms with E-state index in [9.17, 15) is 0 Å². The average molecular weight is 250 g/mol. The molecular weight excluding hydrogens is 228 g/mol. The molecule has 1 aromatic rings. The van der Waals surface area contributed by atoms with E-state index in [-0.39, 0.29) is 0 Å². The van der Waals surface area contributed by atoms with Gasteiger partial charge in [0.15, 0.2) is 0 Å². The predicted octanol–water partition coefficient (Wildman–Crippen LogP) is 2.62. The molecular formula is C14H22N2S. The molecule has 0 aliphatic carbocycles. The number of benzene rings is 1. The Balaban J connectivity index is 2.42. The summed E-state index contributed by atoms with van der Waals surface area (Å²) in [5.41, 5.74) is 7.00.